The van der Waals surface area contributed by atoms with Crippen molar-refractivity contribution in [2.24, 2.45) is 0 Å². The summed E-state index contributed by atoms with van der Waals surface area (Å²) in [5.74, 6) is -0.403. The minimum atomic E-state index is -0.745. The van der Waals surface area contributed by atoms with Gasteiger partial charge in [-0.2, -0.15) is 0 Å². The molecule has 1 saturated heterocycles. The molecule has 1 unspecified atom stereocenters. The Morgan fingerprint density at radius 2 is 1.71 bits per heavy atom. The second-order valence-electron chi connectivity index (χ2n) is 6.88. The predicted molar refractivity (Wildman–Crippen MR) is 116 cm³/mol. The number of hydrogen-bond donors (Lipinski definition) is 1. The van der Waals surface area contributed by atoms with E-state index in [1.807, 2.05) is 0 Å². The van der Waals surface area contributed by atoms with Crippen molar-refractivity contribution < 1.29 is 28.9 Å². The molecule has 1 aliphatic rings. The SMILES string of the molecule is C=CCOc1ccc(C2/C(=C(\O)c3ccc(OC)cc3)C(=O)C(=O)N2CCOC)cc1. The monoisotopic (exact) mass is 423 g/mol. The number of carbonyl (C=O) groups excluding carboxylic acids is 2. The van der Waals surface area contributed by atoms with Crippen LogP contribution in [0.2, 0.25) is 0 Å². The molecule has 1 heterocycles. The average Bonchev–Trinajstić information content (AvgIpc) is 3.06. The van der Waals surface area contributed by atoms with Gasteiger partial charge in [0, 0.05) is 19.2 Å². The first-order chi connectivity index (χ1) is 15.0. The Labute approximate surface area is 181 Å². The smallest absolute Gasteiger partial charge is 0.295 e. The van der Waals surface area contributed by atoms with Crippen LogP contribution in [0.4, 0.5) is 0 Å². The average molecular weight is 423 g/mol. The standard InChI is InChI=1S/C24H25NO6/c1-4-14-31-19-11-5-16(6-12-19)21-20(23(27)24(28)25(21)13-15-29-2)22(26)17-7-9-18(30-3)10-8-17/h4-12,21,26H,1,13-15H2,2-3H3/b22-20+. The van der Waals surface area contributed by atoms with Crippen LogP contribution >= 0.6 is 0 Å². The molecule has 2 aromatic carbocycles. The maximum atomic E-state index is 12.9. The largest absolute Gasteiger partial charge is 0.507 e. The van der Waals surface area contributed by atoms with Gasteiger partial charge in [0.15, 0.2) is 0 Å². The number of amides is 1. The highest BCUT2D eigenvalue weighted by Gasteiger charge is 2.45. The number of nitrogens with zero attached hydrogens (tertiary/aromatic N) is 1. The molecule has 0 aromatic heterocycles. The summed E-state index contributed by atoms with van der Waals surface area (Å²) in [6, 6.07) is 12.9. The molecule has 0 saturated carbocycles. The van der Waals surface area contributed by atoms with Gasteiger partial charge in [-0.05, 0) is 42.0 Å². The van der Waals surface area contributed by atoms with E-state index in [-0.39, 0.29) is 24.5 Å². The number of rotatable bonds is 9. The van der Waals surface area contributed by atoms with Crippen LogP contribution in [0.15, 0.2) is 66.8 Å². The Kier molecular flexibility index (Phi) is 7.10. The van der Waals surface area contributed by atoms with E-state index < -0.39 is 17.7 Å². The molecule has 7 heteroatoms. The van der Waals surface area contributed by atoms with Gasteiger partial charge in [0.05, 0.1) is 25.3 Å². The molecule has 0 spiro atoms. The number of hydrogen-bond acceptors (Lipinski definition) is 6. The topological polar surface area (TPSA) is 85.3 Å². The fourth-order valence-electron chi connectivity index (χ4n) is 3.45. The van der Waals surface area contributed by atoms with Crippen molar-refractivity contribution in [1.82, 2.24) is 4.90 Å². The second kappa shape index (κ2) is 9.95. The van der Waals surface area contributed by atoms with Gasteiger partial charge in [-0.3, -0.25) is 9.59 Å². The van der Waals surface area contributed by atoms with Crippen LogP contribution < -0.4 is 9.47 Å². The van der Waals surface area contributed by atoms with Crippen LogP contribution in [0.25, 0.3) is 5.76 Å². The van der Waals surface area contributed by atoms with Crippen molar-refractivity contribution >= 4 is 17.4 Å². The number of Topliss-reactive ketones (excluding diaryl/α,β-unsaturated/α-hetero) is 1. The van der Waals surface area contributed by atoms with Crippen molar-refractivity contribution in [3.05, 3.63) is 77.9 Å². The molecule has 1 atom stereocenters. The van der Waals surface area contributed by atoms with E-state index >= 15 is 0 Å². The third-order valence-corrected chi connectivity index (χ3v) is 5.00. The van der Waals surface area contributed by atoms with Gasteiger partial charge < -0.3 is 24.2 Å². The molecule has 7 nitrogen and oxygen atoms in total. The van der Waals surface area contributed by atoms with E-state index in [0.29, 0.717) is 29.2 Å². The Morgan fingerprint density at radius 3 is 2.29 bits per heavy atom. The van der Waals surface area contributed by atoms with E-state index in [9.17, 15) is 14.7 Å². The number of ether oxygens (including phenoxy) is 3. The predicted octanol–water partition coefficient (Wildman–Crippen LogP) is 3.33. The van der Waals surface area contributed by atoms with Crippen LogP contribution in [-0.2, 0) is 14.3 Å². The Morgan fingerprint density at radius 1 is 1.06 bits per heavy atom. The molecule has 0 aliphatic carbocycles. The first-order valence-electron chi connectivity index (χ1n) is 9.77. The summed E-state index contributed by atoms with van der Waals surface area (Å²) < 4.78 is 15.8. The van der Waals surface area contributed by atoms with Gasteiger partial charge in [-0.15, -0.1) is 0 Å². The van der Waals surface area contributed by atoms with Gasteiger partial charge in [0.25, 0.3) is 11.7 Å². The van der Waals surface area contributed by atoms with E-state index in [2.05, 4.69) is 6.58 Å². The fourth-order valence-corrected chi connectivity index (χ4v) is 3.45. The van der Waals surface area contributed by atoms with Crippen molar-refractivity contribution in [2.75, 3.05) is 34.0 Å². The zero-order valence-corrected chi connectivity index (χ0v) is 17.5. The molecule has 2 aromatic rings. The van der Waals surface area contributed by atoms with Gasteiger partial charge in [-0.25, -0.2) is 0 Å². The number of benzene rings is 2. The van der Waals surface area contributed by atoms with E-state index in [4.69, 9.17) is 14.2 Å². The molecule has 1 N–H and O–H groups in total. The normalized spacial score (nSPS) is 17.6. The van der Waals surface area contributed by atoms with E-state index in [1.54, 1.807) is 61.7 Å². The Balaban J connectivity index is 2.06. The molecule has 1 fully saturated rings. The minimum absolute atomic E-state index is 0.0334. The lowest BCUT2D eigenvalue weighted by atomic mass is 9.95. The minimum Gasteiger partial charge on any atom is -0.507 e. The highest BCUT2D eigenvalue weighted by atomic mass is 16.5. The molecule has 0 bridgehead atoms. The van der Waals surface area contributed by atoms with Gasteiger partial charge in [0.1, 0.15) is 23.9 Å². The van der Waals surface area contributed by atoms with Crippen molar-refractivity contribution in [3.8, 4) is 11.5 Å². The summed E-state index contributed by atoms with van der Waals surface area (Å²) in [6.45, 7) is 4.45. The molecule has 162 valence electrons. The number of ketones is 1. The summed E-state index contributed by atoms with van der Waals surface area (Å²) in [7, 11) is 3.06. The van der Waals surface area contributed by atoms with Crippen molar-refractivity contribution in [3.63, 3.8) is 0 Å². The molecular formula is C24H25NO6. The lowest BCUT2D eigenvalue weighted by Gasteiger charge is -2.25. The summed E-state index contributed by atoms with van der Waals surface area (Å²) in [5.41, 5.74) is 1.13. The third kappa shape index (κ3) is 4.62. The quantitative estimate of drug-likeness (QED) is 0.288. The molecular weight excluding hydrogens is 398 g/mol. The van der Waals surface area contributed by atoms with Crippen LogP contribution in [0.3, 0.4) is 0 Å². The number of likely N-dealkylation sites (tertiary alicyclic amines) is 1. The van der Waals surface area contributed by atoms with E-state index in [1.165, 1.54) is 12.0 Å². The first-order valence-corrected chi connectivity index (χ1v) is 9.77. The number of aliphatic hydroxyl groups is 1. The summed E-state index contributed by atoms with van der Waals surface area (Å²) in [5, 5.41) is 11.0. The van der Waals surface area contributed by atoms with Crippen LogP contribution in [0.1, 0.15) is 17.2 Å². The Bertz CT molecular complexity index is 978. The molecule has 3 rings (SSSR count). The summed E-state index contributed by atoms with van der Waals surface area (Å²) >= 11 is 0. The zero-order chi connectivity index (χ0) is 22.4. The molecule has 1 amide bonds. The highest BCUT2D eigenvalue weighted by Crippen LogP contribution is 2.39. The van der Waals surface area contributed by atoms with Crippen molar-refractivity contribution in [2.45, 2.75) is 6.04 Å². The Hall–Kier alpha value is -3.58. The highest BCUT2D eigenvalue weighted by molar-refractivity contribution is 6.46. The van der Waals surface area contributed by atoms with Crippen LogP contribution in [0, 0.1) is 0 Å². The number of carbonyl (C=O) groups is 2. The van der Waals surface area contributed by atoms with Crippen molar-refractivity contribution in [1.29, 1.82) is 0 Å². The maximum absolute atomic E-state index is 12.9. The molecule has 31 heavy (non-hydrogen) atoms. The van der Waals surface area contributed by atoms with E-state index in [0.717, 1.165) is 0 Å². The first kappa shape index (κ1) is 22.1. The lowest BCUT2D eigenvalue weighted by molar-refractivity contribution is -0.140. The summed E-state index contributed by atoms with van der Waals surface area (Å²) in [6.07, 6.45) is 1.64. The maximum Gasteiger partial charge on any atom is 0.295 e. The number of aliphatic hydroxyl groups excluding tert-OH is 1. The fraction of sp³-hybridized carbons (Fsp3) is 0.250. The van der Waals surface area contributed by atoms with Gasteiger partial charge in [0.2, 0.25) is 0 Å². The van der Waals surface area contributed by atoms with Gasteiger partial charge in [-0.1, -0.05) is 24.8 Å². The summed E-state index contributed by atoms with van der Waals surface area (Å²) in [4.78, 5) is 27.1. The van der Waals surface area contributed by atoms with Gasteiger partial charge >= 0.3 is 0 Å². The third-order valence-electron chi connectivity index (χ3n) is 5.00. The molecule has 0 radical (unpaired) electrons. The second-order valence-corrected chi connectivity index (χ2v) is 6.88. The molecule has 1 aliphatic heterocycles. The lowest BCUT2D eigenvalue weighted by Crippen LogP contribution is -2.32. The number of methoxy groups -OCH3 is 2. The zero-order valence-electron chi connectivity index (χ0n) is 17.5. The van der Waals surface area contributed by atoms with Crippen LogP contribution in [-0.4, -0.2) is 55.7 Å². The van der Waals surface area contributed by atoms with Crippen LogP contribution in [0.5, 0.6) is 11.5 Å².